The molecule has 2 heterocycles. The van der Waals surface area contributed by atoms with E-state index in [-0.39, 0.29) is 5.91 Å². The Labute approximate surface area is 101 Å². The molecule has 1 saturated heterocycles. The molecule has 0 aromatic carbocycles. The van der Waals surface area contributed by atoms with E-state index >= 15 is 0 Å². The Hall–Kier alpha value is -1.36. The molecule has 5 heteroatoms. The summed E-state index contributed by atoms with van der Waals surface area (Å²) in [6.45, 7) is 4.10. The second kappa shape index (κ2) is 5.31. The number of aromatic amines is 1. The molecule has 0 aliphatic carbocycles. The quantitative estimate of drug-likeness (QED) is 0.853. The summed E-state index contributed by atoms with van der Waals surface area (Å²) in [5.41, 5.74) is 2.09. The van der Waals surface area contributed by atoms with Crippen LogP contribution < -0.4 is 0 Å². The number of aryl methyl sites for hydroxylation is 1. The minimum atomic E-state index is 0.182. The van der Waals surface area contributed by atoms with Crippen molar-refractivity contribution in [3.05, 3.63) is 17.5 Å². The first-order valence-electron chi connectivity index (χ1n) is 5.97. The van der Waals surface area contributed by atoms with Crippen molar-refractivity contribution in [3.63, 3.8) is 0 Å². The van der Waals surface area contributed by atoms with E-state index in [1.807, 2.05) is 14.0 Å². The molecule has 0 saturated carbocycles. The molecule has 0 bridgehead atoms. The molecule has 0 radical (unpaired) electrons. The summed E-state index contributed by atoms with van der Waals surface area (Å²) in [4.78, 5) is 13.7. The predicted octanol–water partition coefficient (Wildman–Crippen LogP) is 1.10. The Kier molecular flexibility index (Phi) is 3.78. The van der Waals surface area contributed by atoms with Gasteiger partial charge >= 0.3 is 0 Å². The highest BCUT2D eigenvalue weighted by molar-refractivity contribution is 5.76. The number of nitrogens with one attached hydrogen (secondary N) is 1. The summed E-state index contributed by atoms with van der Waals surface area (Å²) in [7, 11) is 1.84. The number of ether oxygens (including phenoxy) is 1. The smallest absolute Gasteiger partial charge is 0.222 e. The third kappa shape index (κ3) is 3.06. The fraction of sp³-hybridized carbons (Fsp3) is 0.667. The van der Waals surface area contributed by atoms with Crippen LogP contribution in [0.1, 0.15) is 24.1 Å². The predicted molar refractivity (Wildman–Crippen MR) is 63.3 cm³/mol. The van der Waals surface area contributed by atoms with Gasteiger partial charge < -0.3 is 9.64 Å². The van der Waals surface area contributed by atoms with Crippen molar-refractivity contribution < 1.29 is 9.53 Å². The van der Waals surface area contributed by atoms with Crippen LogP contribution in [0.5, 0.6) is 0 Å². The van der Waals surface area contributed by atoms with Gasteiger partial charge in [-0.3, -0.25) is 9.89 Å². The second-order valence-electron chi connectivity index (χ2n) is 4.70. The number of carbonyl (C=O) groups is 1. The SMILES string of the molecule is Cc1[nH]ncc1CN(C)C(=O)C[C@@H]1CCOC1. The van der Waals surface area contributed by atoms with Crippen LogP contribution in [0.25, 0.3) is 0 Å². The average molecular weight is 237 g/mol. The molecule has 2 rings (SSSR count). The van der Waals surface area contributed by atoms with Crippen molar-refractivity contribution in [1.82, 2.24) is 15.1 Å². The first-order chi connectivity index (χ1) is 8.16. The number of amides is 1. The molecule has 0 spiro atoms. The van der Waals surface area contributed by atoms with Crippen molar-refractivity contribution >= 4 is 5.91 Å². The lowest BCUT2D eigenvalue weighted by molar-refractivity contribution is -0.131. The number of rotatable bonds is 4. The standard InChI is InChI=1S/C12H19N3O2/c1-9-11(6-13-14-9)7-15(2)12(16)5-10-3-4-17-8-10/h6,10H,3-5,7-8H2,1-2H3,(H,13,14)/t10-/m0/s1. The highest BCUT2D eigenvalue weighted by Gasteiger charge is 2.21. The van der Waals surface area contributed by atoms with Gasteiger partial charge in [0, 0.05) is 44.5 Å². The lowest BCUT2D eigenvalue weighted by Crippen LogP contribution is -2.28. The van der Waals surface area contributed by atoms with Crippen molar-refractivity contribution in [2.45, 2.75) is 26.3 Å². The van der Waals surface area contributed by atoms with Crippen molar-refractivity contribution in [3.8, 4) is 0 Å². The first kappa shape index (κ1) is 12.1. The summed E-state index contributed by atoms with van der Waals surface area (Å²) < 4.78 is 5.28. The van der Waals surface area contributed by atoms with E-state index in [9.17, 15) is 4.79 Å². The number of H-pyrrole nitrogens is 1. The van der Waals surface area contributed by atoms with E-state index in [0.29, 0.717) is 18.9 Å². The van der Waals surface area contributed by atoms with E-state index in [2.05, 4.69) is 10.2 Å². The Morgan fingerprint density at radius 2 is 2.53 bits per heavy atom. The molecule has 1 aromatic rings. The highest BCUT2D eigenvalue weighted by atomic mass is 16.5. The van der Waals surface area contributed by atoms with E-state index in [1.165, 1.54) is 0 Å². The monoisotopic (exact) mass is 237 g/mol. The molecule has 94 valence electrons. The Morgan fingerprint density at radius 1 is 1.71 bits per heavy atom. The van der Waals surface area contributed by atoms with Gasteiger partial charge in [-0.2, -0.15) is 5.10 Å². The molecule has 1 atom stereocenters. The van der Waals surface area contributed by atoms with Crippen LogP contribution in [0.3, 0.4) is 0 Å². The highest BCUT2D eigenvalue weighted by Crippen LogP contribution is 2.18. The van der Waals surface area contributed by atoms with Crippen LogP contribution in [0.15, 0.2) is 6.20 Å². The molecule has 1 aromatic heterocycles. The number of hydrogen-bond donors (Lipinski definition) is 1. The average Bonchev–Trinajstić information content (AvgIpc) is 2.91. The zero-order valence-electron chi connectivity index (χ0n) is 10.4. The Bertz CT molecular complexity index is 383. The third-order valence-electron chi connectivity index (χ3n) is 3.25. The molecule has 17 heavy (non-hydrogen) atoms. The number of hydrogen-bond acceptors (Lipinski definition) is 3. The molecular formula is C12H19N3O2. The molecule has 1 amide bonds. The molecule has 0 unspecified atom stereocenters. The molecule has 1 aliphatic rings. The van der Waals surface area contributed by atoms with Gasteiger partial charge in [-0.05, 0) is 19.3 Å². The minimum absolute atomic E-state index is 0.182. The van der Waals surface area contributed by atoms with Gasteiger partial charge in [0.15, 0.2) is 0 Å². The van der Waals surface area contributed by atoms with Gasteiger partial charge in [-0.15, -0.1) is 0 Å². The number of aromatic nitrogens is 2. The largest absolute Gasteiger partial charge is 0.381 e. The van der Waals surface area contributed by atoms with E-state index < -0.39 is 0 Å². The summed E-state index contributed by atoms with van der Waals surface area (Å²) in [5, 5.41) is 6.83. The molecule has 1 aliphatic heterocycles. The number of nitrogens with zero attached hydrogens (tertiary/aromatic N) is 2. The van der Waals surface area contributed by atoms with Crippen LogP contribution in [-0.2, 0) is 16.1 Å². The van der Waals surface area contributed by atoms with Crippen molar-refractivity contribution in [2.24, 2.45) is 5.92 Å². The zero-order chi connectivity index (χ0) is 12.3. The molecular weight excluding hydrogens is 218 g/mol. The maximum atomic E-state index is 12.0. The normalized spacial score (nSPS) is 19.5. The van der Waals surface area contributed by atoms with Gasteiger partial charge in [0.1, 0.15) is 0 Å². The van der Waals surface area contributed by atoms with E-state index in [4.69, 9.17) is 4.74 Å². The van der Waals surface area contributed by atoms with Gasteiger partial charge in [-0.25, -0.2) is 0 Å². The lowest BCUT2D eigenvalue weighted by Gasteiger charge is -2.18. The van der Waals surface area contributed by atoms with Crippen molar-refractivity contribution in [1.29, 1.82) is 0 Å². The van der Waals surface area contributed by atoms with Gasteiger partial charge in [0.2, 0.25) is 5.91 Å². The number of carbonyl (C=O) groups excluding carboxylic acids is 1. The first-order valence-corrected chi connectivity index (χ1v) is 5.97. The summed E-state index contributed by atoms with van der Waals surface area (Å²) in [6, 6.07) is 0. The summed E-state index contributed by atoms with van der Waals surface area (Å²) in [5.74, 6) is 0.580. The van der Waals surface area contributed by atoms with Gasteiger partial charge in [-0.1, -0.05) is 0 Å². The lowest BCUT2D eigenvalue weighted by atomic mass is 10.0. The fourth-order valence-electron chi connectivity index (χ4n) is 2.03. The van der Waals surface area contributed by atoms with Crippen LogP contribution in [0, 0.1) is 12.8 Å². The maximum absolute atomic E-state index is 12.0. The molecule has 1 N–H and O–H groups in total. The summed E-state index contributed by atoms with van der Waals surface area (Å²) in [6.07, 6.45) is 3.37. The van der Waals surface area contributed by atoms with Gasteiger partial charge in [0.05, 0.1) is 6.20 Å². The fourth-order valence-corrected chi connectivity index (χ4v) is 2.03. The van der Waals surface area contributed by atoms with Crippen LogP contribution >= 0.6 is 0 Å². The zero-order valence-corrected chi connectivity index (χ0v) is 10.4. The van der Waals surface area contributed by atoms with E-state index in [0.717, 1.165) is 30.9 Å². The Morgan fingerprint density at radius 3 is 3.12 bits per heavy atom. The maximum Gasteiger partial charge on any atom is 0.222 e. The Balaban J connectivity index is 1.84. The minimum Gasteiger partial charge on any atom is -0.381 e. The van der Waals surface area contributed by atoms with Crippen LogP contribution in [0.4, 0.5) is 0 Å². The molecule has 1 fully saturated rings. The molecule has 5 nitrogen and oxygen atoms in total. The topological polar surface area (TPSA) is 58.2 Å². The van der Waals surface area contributed by atoms with Crippen LogP contribution in [-0.4, -0.2) is 41.3 Å². The third-order valence-corrected chi connectivity index (χ3v) is 3.25. The summed E-state index contributed by atoms with van der Waals surface area (Å²) >= 11 is 0. The van der Waals surface area contributed by atoms with Crippen molar-refractivity contribution in [2.75, 3.05) is 20.3 Å². The van der Waals surface area contributed by atoms with Gasteiger partial charge in [0.25, 0.3) is 0 Å². The second-order valence-corrected chi connectivity index (χ2v) is 4.70. The van der Waals surface area contributed by atoms with E-state index in [1.54, 1.807) is 11.1 Å². The van der Waals surface area contributed by atoms with Crippen LogP contribution in [0.2, 0.25) is 0 Å².